The number of carbonyl (C=O) groups is 3. The van der Waals surface area contributed by atoms with Gasteiger partial charge < -0.3 is 19.3 Å². The predicted molar refractivity (Wildman–Crippen MR) is 214 cm³/mol. The Hall–Kier alpha value is -3.30. The van der Waals surface area contributed by atoms with E-state index in [2.05, 4.69) is 64.1 Å². The van der Waals surface area contributed by atoms with Crippen LogP contribution in [0.1, 0.15) is 105 Å². The van der Waals surface area contributed by atoms with E-state index in [1.54, 1.807) is 12.1 Å². The van der Waals surface area contributed by atoms with E-state index in [0.717, 1.165) is 40.7 Å². The predicted octanol–water partition coefficient (Wildman–Crippen LogP) is 8.40. The second-order valence-corrected chi connectivity index (χ2v) is 20.2. The van der Waals surface area contributed by atoms with Crippen LogP contribution >= 0.6 is 11.8 Å². The normalized spacial score (nSPS) is 38.2. The average Bonchev–Trinajstić information content (AvgIpc) is 3.78. The molecule has 0 amide bonds. The zero-order valence-corrected chi connectivity index (χ0v) is 34.5. The Morgan fingerprint density at radius 3 is 1.49 bits per heavy atom. The van der Waals surface area contributed by atoms with E-state index in [1.165, 1.54) is 11.8 Å². The lowest BCUT2D eigenvalue weighted by Gasteiger charge is -2.42. The summed E-state index contributed by atoms with van der Waals surface area (Å²) < 4.78 is 20.5. The SMILES string of the molecule is Cc1ccc(C(=O)OC[C@H]2SC(O)[C@@H](OC34C(=O)C(C)(c5ccc(C)cc5)CCC3C4(C)C)[C@@H]2OC23C(=O)C(C)(c4ccc(C)cc4)CCC2C3(C)C)cc1. The van der Waals surface area contributed by atoms with Gasteiger partial charge in [0.1, 0.15) is 35.5 Å². The molecular formula is C47H56O7S. The highest BCUT2D eigenvalue weighted by atomic mass is 32.2. The first-order valence-electron chi connectivity index (χ1n) is 20.0. The highest BCUT2D eigenvalue weighted by Crippen LogP contribution is 2.74. The molecule has 1 N–H and O–H groups in total. The molecule has 5 aliphatic rings. The topological polar surface area (TPSA) is 99.1 Å². The maximum atomic E-state index is 15.2. The van der Waals surface area contributed by atoms with Crippen molar-refractivity contribution in [1.82, 2.24) is 0 Å². The van der Waals surface area contributed by atoms with Crippen molar-refractivity contribution in [2.24, 2.45) is 22.7 Å². The highest BCUT2D eigenvalue weighted by molar-refractivity contribution is 8.00. The molecule has 0 spiro atoms. The number of carbonyl (C=O) groups excluding carboxylic acids is 3. The Labute approximate surface area is 330 Å². The Morgan fingerprint density at radius 1 is 0.655 bits per heavy atom. The van der Waals surface area contributed by atoms with Crippen LogP contribution in [0.5, 0.6) is 0 Å². The molecule has 4 saturated carbocycles. The molecular weight excluding hydrogens is 709 g/mol. The summed E-state index contributed by atoms with van der Waals surface area (Å²) in [6, 6.07) is 23.6. The fraction of sp³-hybridized carbons (Fsp3) is 0.553. The number of Topliss-reactive ketones (excluding diaryl/α,β-unsaturated/α-hetero) is 2. The third kappa shape index (κ3) is 5.51. The van der Waals surface area contributed by atoms with E-state index in [4.69, 9.17) is 14.2 Å². The van der Waals surface area contributed by atoms with Gasteiger partial charge >= 0.3 is 5.97 Å². The number of thioether (sulfide) groups is 1. The molecule has 292 valence electrons. The number of benzene rings is 3. The first kappa shape index (κ1) is 38.6. The zero-order valence-electron chi connectivity index (χ0n) is 33.7. The molecule has 8 heteroatoms. The van der Waals surface area contributed by atoms with Gasteiger partial charge in [-0.2, -0.15) is 0 Å². The monoisotopic (exact) mass is 764 g/mol. The largest absolute Gasteiger partial charge is 0.461 e. The maximum absolute atomic E-state index is 15.2. The first-order valence-corrected chi connectivity index (χ1v) is 21.0. The summed E-state index contributed by atoms with van der Waals surface area (Å²) >= 11 is 1.24. The molecule has 1 saturated heterocycles. The van der Waals surface area contributed by atoms with Crippen LogP contribution < -0.4 is 0 Å². The van der Waals surface area contributed by atoms with Gasteiger partial charge in [0, 0.05) is 22.7 Å². The molecule has 3 aromatic rings. The van der Waals surface area contributed by atoms with Crippen LogP contribution in [0.15, 0.2) is 72.8 Å². The van der Waals surface area contributed by atoms with Gasteiger partial charge in [-0.05, 0) is 83.6 Å². The molecule has 8 rings (SSSR count). The minimum Gasteiger partial charge on any atom is -0.461 e. The Kier molecular flexibility index (Phi) is 9.01. The molecule has 5 fully saturated rings. The molecule has 7 nitrogen and oxygen atoms in total. The molecule has 3 aromatic carbocycles. The molecule has 4 aliphatic carbocycles. The van der Waals surface area contributed by atoms with E-state index in [-0.39, 0.29) is 30.0 Å². The number of aryl methyl sites for hydroxylation is 3. The lowest BCUT2D eigenvalue weighted by Crippen LogP contribution is -2.56. The second kappa shape index (κ2) is 12.9. The minimum atomic E-state index is -1.16. The van der Waals surface area contributed by atoms with Crippen molar-refractivity contribution in [2.75, 3.05) is 6.61 Å². The van der Waals surface area contributed by atoms with Gasteiger partial charge in [0.25, 0.3) is 0 Å². The fourth-order valence-electron chi connectivity index (χ4n) is 11.0. The van der Waals surface area contributed by atoms with E-state index < -0.39 is 61.7 Å². The molecule has 0 bridgehead atoms. The fourth-order valence-corrected chi connectivity index (χ4v) is 12.3. The number of ketones is 2. The van der Waals surface area contributed by atoms with Gasteiger partial charge in [0.05, 0.1) is 21.6 Å². The minimum absolute atomic E-state index is 0.0267. The van der Waals surface area contributed by atoms with Crippen LogP contribution in [0.2, 0.25) is 0 Å². The number of hydrogen-bond donors (Lipinski definition) is 1. The Bertz CT molecular complexity index is 2020. The molecule has 1 heterocycles. The Morgan fingerprint density at radius 2 is 1.05 bits per heavy atom. The van der Waals surface area contributed by atoms with Crippen molar-refractivity contribution in [2.45, 2.75) is 133 Å². The maximum Gasteiger partial charge on any atom is 0.338 e. The quantitative estimate of drug-likeness (QED) is 0.217. The number of aliphatic hydroxyl groups excluding tert-OH is 1. The van der Waals surface area contributed by atoms with Crippen molar-refractivity contribution in [3.63, 3.8) is 0 Å². The van der Waals surface area contributed by atoms with Crippen molar-refractivity contribution in [3.8, 4) is 0 Å². The summed E-state index contributed by atoms with van der Waals surface area (Å²) in [5.74, 6) is -0.478. The number of ether oxygens (including phenoxy) is 3. The molecule has 1 aliphatic heterocycles. The van der Waals surface area contributed by atoms with E-state index >= 15 is 9.59 Å². The summed E-state index contributed by atoms with van der Waals surface area (Å²) in [5.41, 5.74) is -0.252. The van der Waals surface area contributed by atoms with E-state index in [0.29, 0.717) is 18.4 Å². The summed E-state index contributed by atoms with van der Waals surface area (Å²) in [5, 5.41) is 11.4. The van der Waals surface area contributed by atoms with Crippen LogP contribution in [-0.4, -0.2) is 63.3 Å². The highest BCUT2D eigenvalue weighted by Gasteiger charge is 2.83. The smallest absolute Gasteiger partial charge is 0.338 e. The first-order chi connectivity index (χ1) is 25.8. The summed E-state index contributed by atoms with van der Waals surface area (Å²) in [4.78, 5) is 43.6. The molecule has 7 unspecified atom stereocenters. The van der Waals surface area contributed by atoms with E-state index in [1.807, 2.05) is 58.9 Å². The van der Waals surface area contributed by atoms with Gasteiger partial charge in [-0.1, -0.05) is 105 Å². The molecule has 0 radical (unpaired) electrons. The van der Waals surface area contributed by atoms with Crippen LogP contribution in [0.4, 0.5) is 0 Å². The summed E-state index contributed by atoms with van der Waals surface area (Å²) in [6.45, 7) is 18.4. The van der Waals surface area contributed by atoms with Crippen LogP contribution in [0.25, 0.3) is 0 Å². The van der Waals surface area contributed by atoms with Crippen molar-refractivity contribution in [3.05, 3.63) is 106 Å². The summed E-state index contributed by atoms with van der Waals surface area (Å²) in [6.07, 6.45) is 1.22. The van der Waals surface area contributed by atoms with Gasteiger partial charge in [0.2, 0.25) is 0 Å². The molecule has 10 atom stereocenters. The number of aliphatic hydroxyl groups is 1. The summed E-state index contributed by atoms with van der Waals surface area (Å²) in [7, 11) is 0. The van der Waals surface area contributed by atoms with Crippen molar-refractivity contribution in [1.29, 1.82) is 0 Å². The lowest BCUT2D eigenvalue weighted by atomic mass is 9.68. The Balaban J connectivity index is 1.16. The lowest BCUT2D eigenvalue weighted by molar-refractivity contribution is -0.188. The van der Waals surface area contributed by atoms with Gasteiger partial charge in [0.15, 0.2) is 11.6 Å². The third-order valence-corrected chi connectivity index (χ3v) is 16.3. The van der Waals surface area contributed by atoms with E-state index in [9.17, 15) is 9.90 Å². The number of rotatable bonds is 9. The van der Waals surface area contributed by atoms with Crippen LogP contribution in [0.3, 0.4) is 0 Å². The van der Waals surface area contributed by atoms with Gasteiger partial charge in [-0.3, -0.25) is 9.59 Å². The van der Waals surface area contributed by atoms with Gasteiger partial charge in [-0.15, -0.1) is 11.8 Å². The average molecular weight is 765 g/mol. The van der Waals surface area contributed by atoms with Gasteiger partial charge in [-0.25, -0.2) is 4.79 Å². The second-order valence-electron chi connectivity index (χ2n) is 18.8. The standard InChI is InChI=1S/C47H56O7S/c1-27-10-16-30(17-11-27)38(48)52-26-33-36(53-46-34(42(46,4)5)22-24-44(8,40(46)50)31-18-12-28(2)13-19-31)37(39(49)55-33)54-47-35(43(47,6)7)23-25-45(9,41(47)51)32-20-14-29(3)15-21-32/h10-21,33-37,39,49H,22-26H2,1-9H3/t33-,34?,35?,36-,37+,39?,44?,45?,46?,47?/m1/s1. The van der Waals surface area contributed by atoms with Crippen molar-refractivity contribution >= 4 is 29.3 Å². The number of hydrogen-bond acceptors (Lipinski definition) is 8. The van der Waals surface area contributed by atoms with Crippen LogP contribution in [0, 0.1) is 43.4 Å². The molecule has 55 heavy (non-hydrogen) atoms. The third-order valence-electron chi connectivity index (χ3n) is 15.0. The number of esters is 1. The van der Waals surface area contributed by atoms with Crippen molar-refractivity contribution < 1.29 is 33.7 Å². The van der Waals surface area contributed by atoms with Crippen LogP contribution in [-0.2, 0) is 34.6 Å². The molecule has 0 aromatic heterocycles. The zero-order chi connectivity index (χ0) is 39.5. The number of fused-ring (bicyclic) bond motifs is 2.